The van der Waals surface area contributed by atoms with Crippen molar-refractivity contribution in [2.45, 2.75) is 37.3 Å². The molecule has 2 nitrogen and oxygen atoms in total. The smallest absolute Gasteiger partial charge is 0.131 e. The molecular weight excluding hydrogens is 301 g/mol. The minimum atomic E-state index is -0.0906. The molecule has 15 heavy (non-hydrogen) atoms. The zero-order valence-corrected chi connectivity index (χ0v) is 12.3. The highest BCUT2D eigenvalue weighted by molar-refractivity contribution is 14.1. The molecule has 2 atom stereocenters. The fourth-order valence-electron chi connectivity index (χ4n) is 2.43. The van der Waals surface area contributed by atoms with Crippen molar-refractivity contribution in [1.29, 1.82) is 0 Å². The van der Waals surface area contributed by atoms with Gasteiger partial charge in [-0.3, -0.25) is 4.90 Å². The maximum absolute atomic E-state index is 5.88. The summed E-state index contributed by atoms with van der Waals surface area (Å²) in [5, 5.41) is 0. The Kier molecular flexibility index (Phi) is 5.06. The van der Waals surface area contributed by atoms with Gasteiger partial charge in [-0.05, 0) is 42.4 Å². The molecule has 0 bridgehead atoms. The predicted molar refractivity (Wildman–Crippen MR) is 73.4 cm³/mol. The SMILES string of the molecule is CCO[C@@](C)(I)[C@H](C(C)C)N1CC=CC1. The number of alkyl halides is 1. The number of ether oxygens (including phenoxy) is 1. The minimum Gasteiger partial charge on any atom is -0.364 e. The molecule has 0 aromatic rings. The highest BCUT2D eigenvalue weighted by Gasteiger charge is 2.38. The summed E-state index contributed by atoms with van der Waals surface area (Å²) in [4.78, 5) is 2.49. The van der Waals surface area contributed by atoms with E-state index in [1.807, 2.05) is 0 Å². The first kappa shape index (κ1) is 13.5. The Hall–Kier alpha value is 0.390. The van der Waals surface area contributed by atoms with Crippen LogP contribution in [-0.4, -0.2) is 34.2 Å². The second-order valence-electron chi connectivity index (χ2n) is 4.53. The molecule has 88 valence electrons. The van der Waals surface area contributed by atoms with E-state index in [2.05, 4.69) is 67.3 Å². The van der Waals surface area contributed by atoms with Gasteiger partial charge in [0.1, 0.15) is 3.61 Å². The van der Waals surface area contributed by atoms with E-state index in [-0.39, 0.29) is 3.61 Å². The standard InChI is InChI=1S/C12H22INO/c1-5-15-12(4,13)11(10(2)3)14-8-6-7-9-14/h6-7,10-11H,5,8-9H2,1-4H3/t11-,12+/m0/s1. The Morgan fingerprint density at radius 1 is 1.40 bits per heavy atom. The van der Waals surface area contributed by atoms with E-state index in [4.69, 9.17) is 4.74 Å². The Morgan fingerprint density at radius 2 is 1.93 bits per heavy atom. The van der Waals surface area contributed by atoms with Gasteiger partial charge in [0.05, 0.1) is 6.04 Å². The summed E-state index contributed by atoms with van der Waals surface area (Å²) < 4.78 is 5.79. The van der Waals surface area contributed by atoms with Crippen LogP contribution in [-0.2, 0) is 4.74 Å². The molecule has 1 aliphatic heterocycles. The van der Waals surface area contributed by atoms with Crippen LogP contribution in [0.1, 0.15) is 27.7 Å². The van der Waals surface area contributed by atoms with Crippen molar-refractivity contribution in [2.75, 3.05) is 19.7 Å². The quantitative estimate of drug-likeness (QED) is 0.438. The van der Waals surface area contributed by atoms with Crippen molar-refractivity contribution in [3.63, 3.8) is 0 Å². The van der Waals surface area contributed by atoms with Crippen LogP contribution in [0.5, 0.6) is 0 Å². The lowest BCUT2D eigenvalue weighted by Gasteiger charge is -2.41. The van der Waals surface area contributed by atoms with Gasteiger partial charge in [0.25, 0.3) is 0 Å². The predicted octanol–water partition coefficient (Wildman–Crippen LogP) is 3.07. The second-order valence-corrected chi connectivity index (χ2v) is 6.68. The first-order chi connectivity index (χ1) is 6.99. The molecule has 0 N–H and O–H groups in total. The number of rotatable bonds is 5. The van der Waals surface area contributed by atoms with E-state index in [9.17, 15) is 0 Å². The van der Waals surface area contributed by atoms with Gasteiger partial charge in [0.15, 0.2) is 0 Å². The average molecular weight is 323 g/mol. The van der Waals surface area contributed by atoms with Crippen LogP contribution < -0.4 is 0 Å². The van der Waals surface area contributed by atoms with E-state index < -0.39 is 0 Å². The Bertz CT molecular complexity index is 218. The van der Waals surface area contributed by atoms with Gasteiger partial charge in [-0.25, -0.2) is 0 Å². The summed E-state index contributed by atoms with van der Waals surface area (Å²) in [7, 11) is 0. The highest BCUT2D eigenvalue weighted by atomic mass is 127. The molecule has 1 heterocycles. The molecule has 0 aromatic heterocycles. The lowest BCUT2D eigenvalue weighted by molar-refractivity contribution is -0.0191. The third-order valence-corrected chi connectivity index (χ3v) is 3.78. The monoisotopic (exact) mass is 323 g/mol. The minimum absolute atomic E-state index is 0.0906. The second kappa shape index (κ2) is 5.64. The molecule has 0 aromatic carbocycles. The van der Waals surface area contributed by atoms with Gasteiger partial charge in [-0.1, -0.05) is 26.0 Å². The van der Waals surface area contributed by atoms with E-state index in [0.29, 0.717) is 12.0 Å². The van der Waals surface area contributed by atoms with E-state index in [1.54, 1.807) is 0 Å². The number of hydrogen-bond donors (Lipinski definition) is 0. The van der Waals surface area contributed by atoms with Crippen LogP contribution in [0, 0.1) is 5.92 Å². The average Bonchev–Trinajstić information content (AvgIpc) is 2.55. The number of halogens is 1. The third kappa shape index (κ3) is 3.43. The fraction of sp³-hybridized carbons (Fsp3) is 0.833. The van der Waals surface area contributed by atoms with Crippen molar-refractivity contribution >= 4 is 22.6 Å². The van der Waals surface area contributed by atoms with Gasteiger partial charge in [-0.15, -0.1) is 0 Å². The van der Waals surface area contributed by atoms with E-state index in [0.717, 1.165) is 19.7 Å². The summed E-state index contributed by atoms with van der Waals surface area (Å²) in [6.45, 7) is 11.7. The van der Waals surface area contributed by atoms with Crippen molar-refractivity contribution in [3.8, 4) is 0 Å². The summed E-state index contributed by atoms with van der Waals surface area (Å²) in [5.41, 5.74) is 0. The molecule has 1 aliphatic rings. The first-order valence-corrected chi connectivity index (χ1v) is 6.78. The maximum atomic E-state index is 5.88. The molecule has 0 unspecified atom stereocenters. The molecule has 0 saturated heterocycles. The molecule has 0 aliphatic carbocycles. The summed E-state index contributed by atoms with van der Waals surface area (Å²) in [6.07, 6.45) is 4.49. The molecule has 0 saturated carbocycles. The summed E-state index contributed by atoms with van der Waals surface area (Å²) in [6, 6.07) is 0.480. The van der Waals surface area contributed by atoms with Crippen LogP contribution >= 0.6 is 22.6 Å². The van der Waals surface area contributed by atoms with Crippen LogP contribution in [0.15, 0.2) is 12.2 Å². The van der Waals surface area contributed by atoms with Gasteiger partial charge in [0, 0.05) is 19.7 Å². The molecule has 0 amide bonds. The Balaban J connectivity index is 2.72. The lowest BCUT2D eigenvalue weighted by atomic mass is 9.97. The zero-order valence-electron chi connectivity index (χ0n) is 10.2. The van der Waals surface area contributed by atoms with Crippen LogP contribution in [0.3, 0.4) is 0 Å². The van der Waals surface area contributed by atoms with E-state index in [1.165, 1.54) is 0 Å². The highest BCUT2D eigenvalue weighted by Crippen LogP contribution is 2.33. The Labute approximate surface area is 107 Å². The van der Waals surface area contributed by atoms with Gasteiger partial charge in [0.2, 0.25) is 0 Å². The number of nitrogens with zero attached hydrogens (tertiary/aromatic N) is 1. The molecule has 3 heteroatoms. The molecule has 1 rings (SSSR count). The number of hydrogen-bond acceptors (Lipinski definition) is 2. The summed E-state index contributed by atoms with van der Waals surface area (Å²) >= 11 is 2.45. The van der Waals surface area contributed by atoms with Crippen molar-refractivity contribution < 1.29 is 4.74 Å². The first-order valence-electron chi connectivity index (χ1n) is 5.71. The zero-order chi connectivity index (χ0) is 11.5. The topological polar surface area (TPSA) is 12.5 Å². The van der Waals surface area contributed by atoms with Crippen LogP contribution in [0.2, 0.25) is 0 Å². The molecule has 0 spiro atoms. The molecule has 0 fully saturated rings. The van der Waals surface area contributed by atoms with Gasteiger partial charge < -0.3 is 4.74 Å². The normalized spacial score (nSPS) is 23.3. The molecule has 0 radical (unpaired) electrons. The fourth-order valence-corrected chi connectivity index (χ4v) is 3.86. The van der Waals surface area contributed by atoms with Gasteiger partial charge >= 0.3 is 0 Å². The summed E-state index contributed by atoms with van der Waals surface area (Å²) in [5.74, 6) is 0.610. The van der Waals surface area contributed by atoms with Crippen molar-refractivity contribution in [3.05, 3.63) is 12.2 Å². The largest absolute Gasteiger partial charge is 0.364 e. The third-order valence-electron chi connectivity index (χ3n) is 2.83. The van der Waals surface area contributed by atoms with Crippen LogP contribution in [0.25, 0.3) is 0 Å². The van der Waals surface area contributed by atoms with Gasteiger partial charge in [-0.2, -0.15) is 0 Å². The van der Waals surface area contributed by atoms with Crippen LogP contribution in [0.4, 0.5) is 0 Å². The van der Waals surface area contributed by atoms with Crippen molar-refractivity contribution in [1.82, 2.24) is 4.90 Å². The maximum Gasteiger partial charge on any atom is 0.131 e. The molecular formula is C12H22INO. The lowest BCUT2D eigenvalue weighted by Crippen LogP contribution is -2.51. The van der Waals surface area contributed by atoms with Crippen molar-refractivity contribution in [2.24, 2.45) is 5.92 Å². The Morgan fingerprint density at radius 3 is 2.33 bits per heavy atom. The van der Waals surface area contributed by atoms with E-state index >= 15 is 0 Å².